The van der Waals surface area contributed by atoms with Crippen molar-refractivity contribution in [3.63, 3.8) is 0 Å². The minimum absolute atomic E-state index is 0.0355. The van der Waals surface area contributed by atoms with E-state index in [1.54, 1.807) is 18.2 Å². The Kier molecular flexibility index (Phi) is 7.26. The fourth-order valence-electron chi connectivity index (χ4n) is 3.19. The predicted octanol–water partition coefficient (Wildman–Crippen LogP) is 4.22. The zero-order valence-electron chi connectivity index (χ0n) is 18.3. The van der Waals surface area contributed by atoms with Gasteiger partial charge in [-0.15, -0.1) is 0 Å². The molecule has 0 aliphatic heterocycles. The Labute approximate surface area is 199 Å². The van der Waals surface area contributed by atoms with Gasteiger partial charge >= 0.3 is 0 Å². The third kappa shape index (κ3) is 5.61. The summed E-state index contributed by atoms with van der Waals surface area (Å²) in [5, 5.41) is -0.0195. The summed E-state index contributed by atoms with van der Waals surface area (Å²) in [6, 6.07) is 14.9. The lowest BCUT2D eigenvalue weighted by atomic mass is 10.0. The number of rotatable bonds is 8. The Hall–Kier alpha value is -2.75. The molecule has 10 heteroatoms. The molecule has 3 aromatic rings. The predicted molar refractivity (Wildman–Crippen MR) is 128 cm³/mol. The average Bonchev–Trinajstić information content (AvgIpc) is 2.77. The van der Waals surface area contributed by atoms with Gasteiger partial charge in [0.15, 0.2) is 20.6 Å². The minimum atomic E-state index is -4.00. The third-order valence-corrected chi connectivity index (χ3v) is 7.72. The first-order chi connectivity index (χ1) is 15.4. The van der Waals surface area contributed by atoms with Gasteiger partial charge in [-0.05, 0) is 48.4 Å². The monoisotopic (exact) mass is 506 g/mol. The van der Waals surface area contributed by atoms with Crippen molar-refractivity contribution < 1.29 is 21.6 Å². The third-order valence-electron chi connectivity index (χ3n) is 4.71. The second-order valence-electron chi connectivity index (χ2n) is 7.89. The molecule has 0 bridgehead atoms. The van der Waals surface area contributed by atoms with Crippen LogP contribution in [-0.4, -0.2) is 40.4 Å². The lowest BCUT2D eigenvalue weighted by Gasteiger charge is -2.28. The molecule has 0 spiro atoms. The second-order valence-corrected chi connectivity index (χ2v) is 12.1. The van der Waals surface area contributed by atoms with Gasteiger partial charge in [0, 0.05) is 35.1 Å². The number of sulfonamides is 1. The maximum Gasteiger partial charge on any atom is 0.264 e. The van der Waals surface area contributed by atoms with Gasteiger partial charge in [0.1, 0.15) is 0 Å². The van der Waals surface area contributed by atoms with Crippen LogP contribution in [0.25, 0.3) is 0 Å². The highest BCUT2D eigenvalue weighted by molar-refractivity contribution is 7.92. The molecule has 0 saturated heterocycles. The van der Waals surface area contributed by atoms with Gasteiger partial charge in [-0.25, -0.2) is 21.8 Å². The maximum atomic E-state index is 13.5. The number of benzene rings is 2. The van der Waals surface area contributed by atoms with E-state index in [4.69, 9.17) is 11.6 Å². The highest BCUT2D eigenvalue weighted by Crippen LogP contribution is 2.32. The Morgan fingerprint density at radius 1 is 1.00 bits per heavy atom. The quantitative estimate of drug-likeness (QED) is 0.424. The van der Waals surface area contributed by atoms with E-state index in [1.807, 2.05) is 13.8 Å². The van der Waals surface area contributed by atoms with Crippen LogP contribution in [0.1, 0.15) is 29.8 Å². The summed E-state index contributed by atoms with van der Waals surface area (Å²) in [6.07, 6.45) is 2.21. The molecule has 0 radical (unpaired) electrons. The largest absolute Gasteiger partial charge is 0.289 e. The number of carbonyl (C=O) groups is 1. The van der Waals surface area contributed by atoms with Gasteiger partial charge < -0.3 is 0 Å². The van der Waals surface area contributed by atoms with E-state index in [0.29, 0.717) is 0 Å². The van der Waals surface area contributed by atoms with Gasteiger partial charge in [-0.1, -0.05) is 43.6 Å². The molecule has 0 fully saturated rings. The molecule has 0 unspecified atom stereocenters. The molecule has 0 saturated carbocycles. The van der Waals surface area contributed by atoms with Crippen molar-refractivity contribution in [1.29, 1.82) is 0 Å². The van der Waals surface area contributed by atoms with E-state index in [9.17, 15) is 21.6 Å². The van der Waals surface area contributed by atoms with Gasteiger partial charge in [-0.3, -0.25) is 9.10 Å². The fourth-order valence-corrected chi connectivity index (χ4v) is 5.63. The summed E-state index contributed by atoms with van der Waals surface area (Å²) in [5.41, 5.74) is 0.239. The van der Waals surface area contributed by atoms with Crippen LogP contribution in [0.2, 0.25) is 5.02 Å². The number of carbonyl (C=O) groups excluding carboxylic acids is 1. The average molecular weight is 507 g/mol. The molecular formula is C23H23ClN2O5S2. The Balaban J connectivity index is 2.20. The van der Waals surface area contributed by atoms with Crippen LogP contribution in [0.5, 0.6) is 0 Å². The van der Waals surface area contributed by atoms with Crippen molar-refractivity contribution in [3.8, 4) is 0 Å². The molecule has 0 N–H and O–H groups in total. The first-order valence-corrected chi connectivity index (χ1v) is 13.7. The number of halogens is 1. The molecule has 0 amide bonds. The van der Waals surface area contributed by atoms with E-state index in [2.05, 4.69) is 4.98 Å². The van der Waals surface area contributed by atoms with Crippen LogP contribution in [0.3, 0.4) is 0 Å². The highest BCUT2D eigenvalue weighted by atomic mass is 35.5. The smallest absolute Gasteiger partial charge is 0.264 e. The molecule has 1 aromatic heterocycles. The van der Waals surface area contributed by atoms with Gasteiger partial charge in [0.05, 0.1) is 10.6 Å². The first kappa shape index (κ1) is 24.9. The number of hydrogen-bond acceptors (Lipinski definition) is 6. The van der Waals surface area contributed by atoms with Crippen LogP contribution >= 0.6 is 11.6 Å². The van der Waals surface area contributed by atoms with Crippen LogP contribution in [-0.2, 0) is 19.9 Å². The van der Waals surface area contributed by atoms with Crippen LogP contribution < -0.4 is 4.31 Å². The zero-order valence-corrected chi connectivity index (χ0v) is 20.7. The maximum absolute atomic E-state index is 13.5. The van der Waals surface area contributed by atoms with E-state index < -0.39 is 25.6 Å². The van der Waals surface area contributed by atoms with Crippen molar-refractivity contribution in [1.82, 2.24) is 4.98 Å². The molecule has 0 aliphatic rings. The molecule has 3 rings (SSSR count). The summed E-state index contributed by atoms with van der Waals surface area (Å²) in [7, 11) is -7.65. The molecule has 1 heterocycles. The standard InChI is InChI=1S/C23H23ClN2O5S2/c1-16(2)15-26(33(30,31)19-7-5-4-6-8-19)21-10-9-18(24)14-20(21)23(27)17-11-12-25-22(13-17)32(3,28)29/h4-14,16H,15H2,1-3H3. The van der Waals surface area contributed by atoms with Gasteiger partial charge in [-0.2, -0.15) is 0 Å². The molecular weight excluding hydrogens is 484 g/mol. The van der Waals surface area contributed by atoms with Gasteiger partial charge in [0.2, 0.25) is 0 Å². The zero-order chi connectivity index (χ0) is 24.4. The highest BCUT2D eigenvalue weighted by Gasteiger charge is 2.29. The first-order valence-electron chi connectivity index (χ1n) is 9.99. The van der Waals surface area contributed by atoms with Crippen molar-refractivity contribution in [2.45, 2.75) is 23.8 Å². The number of pyridine rings is 1. The summed E-state index contributed by atoms with van der Waals surface area (Å²) >= 11 is 6.17. The molecule has 2 aromatic carbocycles. The van der Waals surface area contributed by atoms with Crippen molar-refractivity contribution in [2.75, 3.05) is 17.1 Å². The van der Waals surface area contributed by atoms with E-state index in [-0.39, 0.29) is 44.2 Å². The molecule has 7 nitrogen and oxygen atoms in total. The minimum Gasteiger partial charge on any atom is -0.289 e. The number of sulfone groups is 1. The number of anilines is 1. The molecule has 33 heavy (non-hydrogen) atoms. The number of ketones is 1. The lowest BCUT2D eigenvalue weighted by molar-refractivity contribution is 0.103. The topological polar surface area (TPSA) is 101 Å². The van der Waals surface area contributed by atoms with Crippen LogP contribution in [0.4, 0.5) is 5.69 Å². The van der Waals surface area contributed by atoms with Crippen LogP contribution in [0, 0.1) is 5.92 Å². The molecule has 0 atom stereocenters. The van der Waals surface area contributed by atoms with Crippen molar-refractivity contribution in [2.24, 2.45) is 5.92 Å². The van der Waals surface area contributed by atoms with E-state index in [0.717, 1.165) is 6.26 Å². The Bertz CT molecular complexity index is 1390. The van der Waals surface area contributed by atoms with Crippen LogP contribution in [0.15, 0.2) is 76.8 Å². The Morgan fingerprint density at radius 2 is 1.67 bits per heavy atom. The molecule has 174 valence electrons. The summed E-state index contributed by atoms with van der Waals surface area (Å²) < 4.78 is 52.1. The second kappa shape index (κ2) is 9.62. The lowest BCUT2D eigenvalue weighted by Crippen LogP contribution is -2.35. The SMILES string of the molecule is CC(C)CN(c1ccc(Cl)cc1C(=O)c1ccnc(S(C)(=O)=O)c1)S(=O)(=O)c1ccccc1. The fraction of sp³-hybridized carbons (Fsp3) is 0.217. The summed E-state index contributed by atoms with van der Waals surface area (Å²) in [4.78, 5) is 17.3. The Morgan fingerprint density at radius 3 is 2.27 bits per heavy atom. The summed E-state index contributed by atoms with van der Waals surface area (Å²) in [5.74, 6) is -0.628. The van der Waals surface area contributed by atoms with Crippen molar-refractivity contribution in [3.05, 3.63) is 83.0 Å². The number of hydrogen-bond donors (Lipinski definition) is 0. The van der Waals surface area contributed by atoms with E-state index in [1.165, 1.54) is 53.0 Å². The number of aromatic nitrogens is 1. The number of nitrogens with zero attached hydrogens (tertiary/aromatic N) is 2. The van der Waals surface area contributed by atoms with Gasteiger partial charge in [0.25, 0.3) is 10.0 Å². The molecule has 0 aliphatic carbocycles. The van der Waals surface area contributed by atoms with Crippen molar-refractivity contribution >= 4 is 42.9 Å². The normalized spacial score (nSPS) is 12.0. The van der Waals surface area contributed by atoms with E-state index >= 15 is 0 Å². The summed E-state index contributed by atoms with van der Waals surface area (Å²) in [6.45, 7) is 3.85.